The SMILES string of the molecule is CC(C)N1C(=O)C(=Nc2ccc(S(=O)(=O)N3CCCCC3)cc2)c2ccccc21. The van der Waals surface area contributed by atoms with Crippen molar-refractivity contribution in [3.63, 3.8) is 0 Å². The van der Waals surface area contributed by atoms with Crippen molar-refractivity contribution in [1.29, 1.82) is 0 Å². The van der Waals surface area contributed by atoms with Crippen molar-refractivity contribution >= 4 is 33.0 Å². The van der Waals surface area contributed by atoms with Gasteiger partial charge in [0.15, 0.2) is 0 Å². The number of rotatable bonds is 4. The molecule has 2 aromatic carbocycles. The van der Waals surface area contributed by atoms with Gasteiger partial charge in [-0.05, 0) is 57.0 Å². The summed E-state index contributed by atoms with van der Waals surface area (Å²) in [6.45, 7) is 5.08. The zero-order valence-electron chi connectivity index (χ0n) is 16.7. The fourth-order valence-corrected chi connectivity index (χ4v) is 5.44. The smallest absolute Gasteiger partial charge is 0.277 e. The van der Waals surface area contributed by atoms with Gasteiger partial charge in [0.2, 0.25) is 10.0 Å². The number of anilines is 1. The van der Waals surface area contributed by atoms with Gasteiger partial charge in [0.1, 0.15) is 5.71 Å². The molecule has 0 atom stereocenters. The topological polar surface area (TPSA) is 70.0 Å². The van der Waals surface area contributed by atoms with Gasteiger partial charge in [0.25, 0.3) is 5.91 Å². The minimum Gasteiger partial charge on any atom is -0.304 e. The number of para-hydroxylation sites is 1. The number of sulfonamides is 1. The van der Waals surface area contributed by atoms with Crippen LogP contribution < -0.4 is 4.90 Å². The minimum atomic E-state index is -3.48. The highest BCUT2D eigenvalue weighted by Gasteiger charge is 2.35. The third kappa shape index (κ3) is 3.60. The Morgan fingerprint density at radius 1 is 0.931 bits per heavy atom. The van der Waals surface area contributed by atoms with E-state index in [0.717, 1.165) is 30.5 Å². The van der Waals surface area contributed by atoms with E-state index in [1.54, 1.807) is 33.5 Å². The van der Waals surface area contributed by atoms with Crippen LogP contribution in [0.5, 0.6) is 0 Å². The number of nitrogens with zero attached hydrogens (tertiary/aromatic N) is 3. The van der Waals surface area contributed by atoms with Gasteiger partial charge < -0.3 is 4.90 Å². The molecule has 1 fully saturated rings. The van der Waals surface area contributed by atoms with Crippen LogP contribution in [-0.2, 0) is 14.8 Å². The number of aliphatic imine (C=N–C) groups is 1. The second kappa shape index (κ2) is 7.72. The number of amides is 1. The fraction of sp³-hybridized carbons (Fsp3) is 0.364. The van der Waals surface area contributed by atoms with E-state index in [0.29, 0.717) is 24.5 Å². The number of benzene rings is 2. The van der Waals surface area contributed by atoms with E-state index in [4.69, 9.17) is 0 Å². The van der Waals surface area contributed by atoms with E-state index in [2.05, 4.69) is 4.99 Å². The summed E-state index contributed by atoms with van der Waals surface area (Å²) in [4.78, 5) is 19.5. The van der Waals surface area contributed by atoms with Gasteiger partial charge >= 0.3 is 0 Å². The number of piperidine rings is 1. The molecule has 2 aliphatic rings. The van der Waals surface area contributed by atoms with Crippen LogP contribution in [0.1, 0.15) is 38.7 Å². The van der Waals surface area contributed by atoms with Gasteiger partial charge in [-0.25, -0.2) is 13.4 Å². The van der Waals surface area contributed by atoms with Crippen molar-refractivity contribution in [2.24, 2.45) is 4.99 Å². The molecule has 0 aliphatic carbocycles. The van der Waals surface area contributed by atoms with Gasteiger partial charge in [-0.2, -0.15) is 4.31 Å². The standard InChI is InChI=1S/C22H25N3O3S/c1-16(2)25-20-9-5-4-8-19(20)21(22(25)26)23-17-10-12-18(13-11-17)29(27,28)24-14-6-3-7-15-24/h4-5,8-13,16H,3,6-7,14-15H2,1-2H3. The second-order valence-electron chi connectivity index (χ2n) is 7.71. The highest BCUT2D eigenvalue weighted by molar-refractivity contribution is 7.89. The first kappa shape index (κ1) is 19.8. The van der Waals surface area contributed by atoms with Crippen LogP contribution in [0.4, 0.5) is 11.4 Å². The number of carbonyl (C=O) groups excluding carboxylic acids is 1. The van der Waals surface area contributed by atoms with Gasteiger partial charge in [-0.15, -0.1) is 0 Å². The Hall–Kier alpha value is -2.51. The Morgan fingerprint density at radius 3 is 2.24 bits per heavy atom. The first-order valence-electron chi connectivity index (χ1n) is 10.0. The molecule has 1 amide bonds. The van der Waals surface area contributed by atoms with Crippen molar-refractivity contribution in [3.05, 3.63) is 54.1 Å². The van der Waals surface area contributed by atoms with Gasteiger partial charge in [0.05, 0.1) is 16.3 Å². The third-order valence-electron chi connectivity index (χ3n) is 5.39. The molecule has 152 valence electrons. The van der Waals surface area contributed by atoms with Crippen molar-refractivity contribution in [3.8, 4) is 0 Å². The van der Waals surface area contributed by atoms with Gasteiger partial charge in [0, 0.05) is 24.7 Å². The Kier molecular flexibility index (Phi) is 5.27. The summed E-state index contributed by atoms with van der Waals surface area (Å²) >= 11 is 0. The average molecular weight is 412 g/mol. The molecule has 0 spiro atoms. The Bertz CT molecular complexity index is 1050. The lowest BCUT2D eigenvalue weighted by molar-refractivity contribution is -0.112. The molecular formula is C22H25N3O3S. The molecular weight excluding hydrogens is 386 g/mol. The lowest BCUT2D eigenvalue weighted by atomic mass is 10.1. The number of fused-ring (bicyclic) bond motifs is 1. The van der Waals surface area contributed by atoms with Crippen molar-refractivity contribution in [1.82, 2.24) is 4.31 Å². The maximum Gasteiger partial charge on any atom is 0.277 e. The predicted molar refractivity (Wildman–Crippen MR) is 114 cm³/mol. The van der Waals surface area contributed by atoms with Crippen molar-refractivity contribution in [2.75, 3.05) is 18.0 Å². The van der Waals surface area contributed by atoms with E-state index >= 15 is 0 Å². The normalized spacial score (nSPS) is 19.2. The lowest BCUT2D eigenvalue weighted by Crippen LogP contribution is -2.36. The van der Waals surface area contributed by atoms with Crippen LogP contribution in [0.2, 0.25) is 0 Å². The molecule has 29 heavy (non-hydrogen) atoms. The van der Waals surface area contributed by atoms with Crippen molar-refractivity contribution < 1.29 is 13.2 Å². The highest BCUT2D eigenvalue weighted by atomic mass is 32.2. The van der Waals surface area contributed by atoms with Gasteiger partial charge in [-0.1, -0.05) is 24.6 Å². The number of hydrogen-bond donors (Lipinski definition) is 0. The molecule has 0 unspecified atom stereocenters. The first-order valence-corrected chi connectivity index (χ1v) is 11.5. The summed E-state index contributed by atoms with van der Waals surface area (Å²) < 4.78 is 27.2. The number of carbonyl (C=O) groups is 1. The molecule has 2 aliphatic heterocycles. The molecule has 1 saturated heterocycles. The maximum atomic E-state index is 12.9. The van der Waals surface area contributed by atoms with Crippen LogP contribution in [0.25, 0.3) is 0 Å². The molecule has 0 saturated carbocycles. The molecule has 2 heterocycles. The lowest BCUT2D eigenvalue weighted by Gasteiger charge is -2.25. The summed E-state index contributed by atoms with van der Waals surface area (Å²) in [5.74, 6) is -0.133. The monoisotopic (exact) mass is 411 g/mol. The predicted octanol–water partition coefficient (Wildman–Crippen LogP) is 3.74. The quantitative estimate of drug-likeness (QED) is 0.770. The summed E-state index contributed by atoms with van der Waals surface area (Å²) in [5, 5.41) is 0. The Balaban J connectivity index is 1.65. The minimum absolute atomic E-state index is 0.0217. The first-order chi connectivity index (χ1) is 13.9. The van der Waals surface area contributed by atoms with Crippen LogP contribution in [0.3, 0.4) is 0 Å². The molecule has 0 aromatic heterocycles. The summed E-state index contributed by atoms with van der Waals surface area (Å²) in [6, 6.07) is 14.1. The molecule has 0 N–H and O–H groups in total. The number of hydrogen-bond acceptors (Lipinski definition) is 4. The van der Waals surface area contributed by atoms with E-state index < -0.39 is 10.0 Å². The molecule has 7 heteroatoms. The zero-order valence-corrected chi connectivity index (χ0v) is 17.5. The zero-order chi connectivity index (χ0) is 20.6. The van der Waals surface area contributed by atoms with Crippen molar-refractivity contribution in [2.45, 2.75) is 44.0 Å². The van der Waals surface area contributed by atoms with Crippen LogP contribution >= 0.6 is 0 Å². The Labute approximate surface area is 171 Å². The summed E-state index contributed by atoms with van der Waals surface area (Å²) in [6.07, 6.45) is 2.88. The van der Waals surface area contributed by atoms with E-state index in [9.17, 15) is 13.2 Å². The van der Waals surface area contributed by atoms with Crippen LogP contribution in [0, 0.1) is 0 Å². The molecule has 0 bridgehead atoms. The van der Waals surface area contributed by atoms with Gasteiger partial charge in [-0.3, -0.25) is 4.79 Å². The highest BCUT2D eigenvalue weighted by Crippen LogP contribution is 2.32. The Morgan fingerprint density at radius 2 is 1.59 bits per heavy atom. The van der Waals surface area contributed by atoms with E-state index in [1.807, 2.05) is 38.1 Å². The molecule has 0 radical (unpaired) electrons. The largest absolute Gasteiger partial charge is 0.304 e. The fourth-order valence-electron chi connectivity index (χ4n) is 3.92. The van der Waals surface area contributed by atoms with E-state index in [1.165, 1.54) is 0 Å². The van der Waals surface area contributed by atoms with E-state index in [-0.39, 0.29) is 16.8 Å². The second-order valence-corrected chi connectivity index (χ2v) is 9.64. The maximum absolute atomic E-state index is 12.9. The van der Waals surface area contributed by atoms with Crippen LogP contribution in [0.15, 0.2) is 58.4 Å². The van der Waals surface area contributed by atoms with Crippen LogP contribution in [-0.4, -0.2) is 43.5 Å². The third-order valence-corrected chi connectivity index (χ3v) is 7.30. The average Bonchev–Trinajstić information content (AvgIpc) is 3.01. The summed E-state index contributed by atoms with van der Waals surface area (Å²) in [7, 11) is -3.48. The molecule has 4 rings (SSSR count). The molecule has 6 nitrogen and oxygen atoms in total. The molecule has 2 aromatic rings. The summed E-state index contributed by atoms with van der Waals surface area (Å²) in [5.41, 5.74) is 2.61.